The van der Waals surface area contributed by atoms with Crippen LogP contribution in [0.4, 0.5) is 0 Å². The van der Waals surface area contributed by atoms with Crippen LogP contribution in [0.3, 0.4) is 0 Å². The monoisotopic (exact) mass is 247 g/mol. The summed E-state index contributed by atoms with van der Waals surface area (Å²) in [7, 11) is 0. The van der Waals surface area contributed by atoms with Gasteiger partial charge in [-0.2, -0.15) is 0 Å². The lowest BCUT2D eigenvalue weighted by Gasteiger charge is -2.27. The lowest BCUT2D eigenvalue weighted by Crippen LogP contribution is -2.36. The molecule has 18 heavy (non-hydrogen) atoms. The van der Waals surface area contributed by atoms with Gasteiger partial charge >= 0.3 is 0 Å². The van der Waals surface area contributed by atoms with Crippen molar-refractivity contribution in [3.05, 3.63) is 18.2 Å². The Balaban J connectivity index is 1.63. The predicted octanol–water partition coefficient (Wildman–Crippen LogP) is 2.60. The van der Waals surface area contributed by atoms with Crippen molar-refractivity contribution < 1.29 is 0 Å². The third-order valence-electron chi connectivity index (χ3n) is 5.03. The van der Waals surface area contributed by atoms with E-state index in [9.17, 15) is 0 Å². The summed E-state index contributed by atoms with van der Waals surface area (Å²) in [6.45, 7) is 3.28. The third-order valence-corrected chi connectivity index (χ3v) is 5.03. The van der Waals surface area contributed by atoms with Gasteiger partial charge in [-0.05, 0) is 43.4 Å². The molecule has 0 aromatic carbocycles. The number of hydrogen-bond donors (Lipinski definition) is 1. The number of aromatic nitrogens is 2. The Morgan fingerprint density at radius 1 is 1.44 bits per heavy atom. The number of hydrogen-bond acceptors (Lipinski definition) is 2. The van der Waals surface area contributed by atoms with E-state index in [-0.39, 0.29) is 0 Å². The molecule has 4 unspecified atom stereocenters. The first-order valence-electron chi connectivity index (χ1n) is 7.53. The van der Waals surface area contributed by atoms with Gasteiger partial charge in [-0.25, -0.2) is 4.98 Å². The Hall–Kier alpha value is -0.830. The number of fused-ring (bicyclic) bond motifs is 2. The number of imidazole rings is 1. The van der Waals surface area contributed by atoms with Gasteiger partial charge in [-0.3, -0.25) is 0 Å². The summed E-state index contributed by atoms with van der Waals surface area (Å²) in [5.41, 5.74) is 6.47. The highest BCUT2D eigenvalue weighted by Gasteiger charge is 2.42. The van der Waals surface area contributed by atoms with Gasteiger partial charge in [-0.1, -0.05) is 13.3 Å². The van der Waals surface area contributed by atoms with Crippen molar-refractivity contribution >= 4 is 0 Å². The molecular weight excluding hydrogens is 222 g/mol. The zero-order chi connectivity index (χ0) is 12.5. The Labute approximate surface area is 110 Å². The van der Waals surface area contributed by atoms with Crippen LogP contribution in [0, 0.1) is 17.8 Å². The summed E-state index contributed by atoms with van der Waals surface area (Å²) in [4.78, 5) is 4.49. The highest BCUT2D eigenvalue weighted by Crippen LogP contribution is 2.49. The van der Waals surface area contributed by atoms with Gasteiger partial charge in [-0.15, -0.1) is 0 Å². The molecule has 1 aromatic heterocycles. The van der Waals surface area contributed by atoms with E-state index < -0.39 is 0 Å². The van der Waals surface area contributed by atoms with E-state index in [4.69, 9.17) is 5.73 Å². The first kappa shape index (κ1) is 12.2. The zero-order valence-corrected chi connectivity index (χ0v) is 11.4. The second-order valence-electron chi connectivity index (χ2n) is 6.24. The molecule has 4 atom stereocenters. The van der Waals surface area contributed by atoms with Crippen LogP contribution < -0.4 is 5.73 Å². The largest absolute Gasteiger partial charge is 0.335 e. The first-order valence-corrected chi connectivity index (χ1v) is 7.53. The van der Waals surface area contributed by atoms with Crippen molar-refractivity contribution in [3.8, 4) is 0 Å². The molecule has 0 spiro atoms. The quantitative estimate of drug-likeness (QED) is 0.869. The molecular formula is C15H25N3. The smallest absolute Gasteiger partial charge is 0.110 e. The fourth-order valence-electron chi connectivity index (χ4n) is 4.15. The molecule has 2 fully saturated rings. The summed E-state index contributed by atoms with van der Waals surface area (Å²) in [6, 6.07) is 0.318. The van der Waals surface area contributed by atoms with E-state index in [1.165, 1.54) is 31.5 Å². The maximum Gasteiger partial charge on any atom is 0.110 e. The molecule has 3 heteroatoms. The average Bonchev–Trinajstić information content (AvgIpc) is 3.06. The third kappa shape index (κ3) is 2.20. The first-order chi connectivity index (χ1) is 8.78. The minimum Gasteiger partial charge on any atom is -0.335 e. The number of rotatable bonds is 5. The van der Waals surface area contributed by atoms with Crippen molar-refractivity contribution in [1.29, 1.82) is 0 Å². The Morgan fingerprint density at radius 3 is 3.00 bits per heavy atom. The van der Waals surface area contributed by atoms with Crippen LogP contribution in [0.5, 0.6) is 0 Å². The van der Waals surface area contributed by atoms with E-state index >= 15 is 0 Å². The molecule has 2 bridgehead atoms. The molecule has 0 aliphatic heterocycles. The topological polar surface area (TPSA) is 43.8 Å². The molecule has 2 aliphatic carbocycles. The van der Waals surface area contributed by atoms with E-state index in [2.05, 4.69) is 22.7 Å². The molecule has 3 rings (SSSR count). The van der Waals surface area contributed by atoms with Gasteiger partial charge in [0.05, 0.1) is 0 Å². The normalized spacial score (nSPS) is 32.0. The fourth-order valence-corrected chi connectivity index (χ4v) is 4.15. The van der Waals surface area contributed by atoms with E-state index in [0.29, 0.717) is 6.04 Å². The zero-order valence-electron chi connectivity index (χ0n) is 11.4. The van der Waals surface area contributed by atoms with Crippen LogP contribution in [0.25, 0.3) is 0 Å². The molecule has 2 saturated carbocycles. The SMILES string of the molecule is CCCn1ccnc1CC(N)C1CC2CCC1C2. The highest BCUT2D eigenvalue weighted by atomic mass is 15.1. The molecule has 2 N–H and O–H groups in total. The minimum atomic E-state index is 0.318. The summed E-state index contributed by atoms with van der Waals surface area (Å²) in [5.74, 6) is 3.85. The van der Waals surface area contributed by atoms with E-state index in [1.807, 2.05) is 6.20 Å². The van der Waals surface area contributed by atoms with Gasteiger partial charge in [0.15, 0.2) is 0 Å². The highest BCUT2D eigenvalue weighted by molar-refractivity contribution is 5.00. The number of nitrogens with zero attached hydrogens (tertiary/aromatic N) is 2. The molecule has 1 heterocycles. The van der Waals surface area contributed by atoms with Crippen LogP contribution in [-0.4, -0.2) is 15.6 Å². The van der Waals surface area contributed by atoms with Crippen LogP contribution in [0.2, 0.25) is 0 Å². The predicted molar refractivity (Wildman–Crippen MR) is 73.1 cm³/mol. The second kappa shape index (κ2) is 5.04. The van der Waals surface area contributed by atoms with Crippen molar-refractivity contribution in [2.45, 2.75) is 58.0 Å². The number of nitrogens with two attached hydrogens (primary N) is 1. The van der Waals surface area contributed by atoms with E-state index in [1.54, 1.807) is 0 Å². The maximum atomic E-state index is 6.47. The molecule has 2 aliphatic rings. The number of aryl methyl sites for hydroxylation is 1. The Bertz CT molecular complexity index is 398. The fraction of sp³-hybridized carbons (Fsp3) is 0.800. The molecule has 1 aromatic rings. The van der Waals surface area contributed by atoms with Crippen LogP contribution in [0.1, 0.15) is 44.9 Å². The summed E-state index contributed by atoms with van der Waals surface area (Å²) in [5, 5.41) is 0. The average molecular weight is 247 g/mol. The lowest BCUT2D eigenvalue weighted by atomic mass is 9.82. The molecule has 0 amide bonds. The Morgan fingerprint density at radius 2 is 2.33 bits per heavy atom. The molecule has 0 radical (unpaired) electrons. The summed E-state index contributed by atoms with van der Waals surface area (Å²) >= 11 is 0. The molecule has 100 valence electrons. The van der Waals surface area contributed by atoms with Gasteiger partial charge in [0.25, 0.3) is 0 Å². The van der Waals surface area contributed by atoms with Gasteiger partial charge in [0, 0.05) is 31.4 Å². The maximum absolute atomic E-state index is 6.47. The minimum absolute atomic E-state index is 0.318. The van der Waals surface area contributed by atoms with Crippen LogP contribution in [-0.2, 0) is 13.0 Å². The van der Waals surface area contributed by atoms with Gasteiger partial charge in [0.2, 0.25) is 0 Å². The summed E-state index contributed by atoms with van der Waals surface area (Å²) < 4.78 is 2.27. The molecule has 0 saturated heterocycles. The Kier molecular flexibility index (Phi) is 3.42. The van der Waals surface area contributed by atoms with Crippen LogP contribution >= 0.6 is 0 Å². The van der Waals surface area contributed by atoms with E-state index in [0.717, 1.165) is 37.1 Å². The molecule has 3 nitrogen and oxygen atoms in total. The van der Waals surface area contributed by atoms with Crippen molar-refractivity contribution in [3.63, 3.8) is 0 Å². The van der Waals surface area contributed by atoms with Crippen LogP contribution in [0.15, 0.2) is 12.4 Å². The summed E-state index contributed by atoms with van der Waals surface area (Å²) in [6.07, 6.45) is 11.8. The standard InChI is InChI=1S/C15H25N3/c1-2-6-18-7-5-17-15(18)10-14(16)13-9-11-3-4-12(13)8-11/h5,7,11-14H,2-4,6,8-10,16H2,1H3. The van der Waals surface area contributed by atoms with Gasteiger partial charge < -0.3 is 10.3 Å². The van der Waals surface area contributed by atoms with Crippen molar-refractivity contribution in [2.75, 3.05) is 0 Å². The van der Waals surface area contributed by atoms with Crippen molar-refractivity contribution in [1.82, 2.24) is 9.55 Å². The second-order valence-corrected chi connectivity index (χ2v) is 6.24. The van der Waals surface area contributed by atoms with Gasteiger partial charge in [0.1, 0.15) is 5.82 Å². The lowest BCUT2D eigenvalue weighted by molar-refractivity contribution is 0.277. The van der Waals surface area contributed by atoms with Crippen molar-refractivity contribution in [2.24, 2.45) is 23.5 Å².